The van der Waals surface area contributed by atoms with Crippen molar-refractivity contribution < 1.29 is 8.78 Å². The third kappa shape index (κ3) is 6.38. The Labute approximate surface area is 156 Å². The number of hydrogen-bond donors (Lipinski definition) is 2. The summed E-state index contributed by atoms with van der Waals surface area (Å²) in [7, 11) is 0. The molecule has 2 aromatic heterocycles. The zero-order valence-corrected chi connectivity index (χ0v) is 15.7. The van der Waals surface area contributed by atoms with Crippen LogP contribution in [0.15, 0.2) is 41.8 Å². The Balaban J connectivity index is 0.00000288. The average molecular weight is 450 g/mol. The Kier molecular flexibility index (Phi) is 9.20. The smallest absolute Gasteiger partial charge is 0.319 e. The number of imidazole rings is 1. The van der Waals surface area contributed by atoms with Crippen molar-refractivity contribution >= 4 is 29.9 Å². The van der Waals surface area contributed by atoms with Crippen LogP contribution in [0.2, 0.25) is 0 Å². The molecule has 0 bridgehead atoms. The van der Waals surface area contributed by atoms with Crippen LogP contribution in [0.1, 0.15) is 25.0 Å². The van der Waals surface area contributed by atoms with Crippen LogP contribution in [0.25, 0.3) is 0 Å². The summed E-state index contributed by atoms with van der Waals surface area (Å²) in [5.74, 6) is 0.786. The molecule has 0 amide bonds. The van der Waals surface area contributed by atoms with Crippen molar-refractivity contribution in [1.82, 2.24) is 25.2 Å². The van der Waals surface area contributed by atoms with Crippen molar-refractivity contribution in [3.05, 3.63) is 48.3 Å². The van der Waals surface area contributed by atoms with Crippen LogP contribution < -0.4 is 10.6 Å². The highest BCUT2D eigenvalue weighted by Crippen LogP contribution is 2.12. The monoisotopic (exact) mass is 450 g/mol. The Morgan fingerprint density at radius 1 is 1.25 bits per heavy atom. The molecule has 0 saturated carbocycles. The number of aliphatic imine (C=N–C) groups is 1. The van der Waals surface area contributed by atoms with Gasteiger partial charge in [-0.3, -0.25) is 9.55 Å². The summed E-state index contributed by atoms with van der Waals surface area (Å²) in [4.78, 5) is 12.4. The van der Waals surface area contributed by atoms with E-state index in [2.05, 4.69) is 25.6 Å². The molecular formula is C15H21F2IN6. The Bertz CT molecular complexity index is 617. The van der Waals surface area contributed by atoms with Gasteiger partial charge in [-0.05, 0) is 19.1 Å². The van der Waals surface area contributed by atoms with E-state index < -0.39 is 6.55 Å². The van der Waals surface area contributed by atoms with E-state index in [9.17, 15) is 8.78 Å². The van der Waals surface area contributed by atoms with Crippen LogP contribution in [0, 0.1) is 0 Å². The van der Waals surface area contributed by atoms with Crippen LogP contribution in [0.4, 0.5) is 8.78 Å². The molecule has 0 radical (unpaired) electrons. The van der Waals surface area contributed by atoms with Gasteiger partial charge in [0, 0.05) is 43.8 Å². The van der Waals surface area contributed by atoms with E-state index in [0.717, 1.165) is 16.7 Å². The molecule has 0 aliphatic heterocycles. The van der Waals surface area contributed by atoms with Crippen molar-refractivity contribution in [1.29, 1.82) is 0 Å². The van der Waals surface area contributed by atoms with E-state index in [1.165, 1.54) is 12.4 Å². The Morgan fingerprint density at radius 2 is 2.08 bits per heavy atom. The first-order valence-corrected chi connectivity index (χ1v) is 7.42. The van der Waals surface area contributed by atoms with Gasteiger partial charge in [-0.2, -0.15) is 8.78 Å². The lowest BCUT2D eigenvalue weighted by Gasteiger charge is -2.11. The van der Waals surface area contributed by atoms with E-state index in [1.807, 2.05) is 25.1 Å². The number of aromatic nitrogens is 3. The van der Waals surface area contributed by atoms with Crippen molar-refractivity contribution in [3.8, 4) is 0 Å². The van der Waals surface area contributed by atoms with Gasteiger partial charge >= 0.3 is 6.55 Å². The van der Waals surface area contributed by atoms with E-state index in [0.29, 0.717) is 19.0 Å². The third-order valence-corrected chi connectivity index (χ3v) is 3.08. The first-order valence-electron chi connectivity index (χ1n) is 7.42. The molecule has 6 nitrogen and oxygen atoms in total. The van der Waals surface area contributed by atoms with Crippen molar-refractivity contribution in [2.75, 3.05) is 13.1 Å². The molecule has 0 atom stereocenters. The highest BCUT2D eigenvalue weighted by atomic mass is 127. The minimum absolute atomic E-state index is 0. The van der Waals surface area contributed by atoms with Gasteiger partial charge in [-0.25, -0.2) is 9.98 Å². The minimum Gasteiger partial charge on any atom is -0.357 e. The van der Waals surface area contributed by atoms with Gasteiger partial charge in [0.05, 0.1) is 0 Å². The number of hydrogen-bond acceptors (Lipinski definition) is 3. The molecule has 0 aliphatic rings. The fourth-order valence-corrected chi connectivity index (χ4v) is 1.99. The predicted molar refractivity (Wildman–Crippen MR) is 99.7 cm³/mol. The lowest BCUT2D eigenvalue weighted by Crippen LogP contribution is -2.38. The summed E-state index contributed by atoms with van der Waals surface area (Å²) in [6.45, 7) is 0.736. The molecule has 24 heavy (non-hydrogen) atoms. The van der Waals surface area contributed by atoms with Crippen LogP contribution in [-0.4, -0.2) is 33.6 Å². The van der Waals surface area contributed by atoms with Gasteiger partial charge in [0.1, 0.15) is 12.4 Å². The third-order valence-electron chi connectivity index (χ3n) is 3.08. The SMILES string of the molecule is CCNC(=NCc1nccn1C(F)F)NCCc1ccccn1.I. The molecule has 0 spiro atoms. The van der Waals surface area contributed by atoms with Gasteiger partial charge in [-0.1, -0.05) is 6.07 Å². The van der Waals surface area contributed by atoms with Gasteiger partial charge < -0.3 is 10.6 Å². The lowest BCUT2D eigenvalue weighted by atomic mass is 10.3. The molecule has 0 unspecified atom stereocenters. The Hall–Kier alpha value is -1.78. The summed E-state index contributed by atoms with van der Waals surface area (Å²) in [6.07, 6.45) is 5.09. The van der Waals surface area contributed by atoms with Gasteiger partial charge in [0.2, 0.25) is 0 Å². The van der Waals surface area contributed by atoms with Gasteiger partial charge in [0.25, 0.3) is 0 Å². The predicted octanol–water partition coefficient (Wildman–Crippen LogP) is 2.59. The molecule has 2 N–H and O–H groups in total. The maximum Gasteiger partial charge on any atom is 0.319 e. The topological polar surface area (TPSA) is 67.1 Å². The first-order chi connectivity index (χ1) is 11.2. The summed E-state index contributed by atoms with van der Waals surface area (Å²) in [5.41, 5.74) is 0.976. The second-order valence-corrected chi connectivity index (χ2v) is 4.72. The summed E-state index contributed by atoms with van der Waals surface area (Å²) in [5, 5.41) is 6.23. The normalized spacial score (nSPS) is 11.2. The second-order valence-electron chi connectivity index (χ2n) is 4.72. The molecule has 2 heterocycles. The number of guanidine groups is 1. The minimum atomic E-state index is -2.61. The van der Waals surface area contributed by atoms with E-state index >= 15 is 0 Å². The number of pyridine rings is 1. The number of nitrogens with one attached hydrogen (secondary N) is 2. The van der Waals surface area contributed by atoms with Crippen LogP contribution in [-0.2, 0) is 13.0 Å². The summed E-state index contributed by atoms with van der Waals surface area (Å²) < 4.78 is 26.3. The molecule has 2 aromatic rings. The fourth-order valence-electron chi connectivity index (χ4n) is 1.99. The quantitative estimate of drug-likeness (QED) is 0.387. The fraction of sp³-hybridized carbons (Fsp3) is 0.400. The highest BCUT2D eigenvalue weighted by Gasteiger charge is 2.10. The van der Waals surface area contributed by atoms with Crippen LogP contribution in [0.5, 0.6) is 0 Å². The highest BCUT2D eigenvalue weighted by molar-refractivity contribution is 14.0. The van der Waals surface area contributed by atoms with Crippen molar-refractivity contribution in [2.45, 2.75) is 26.4 Å². The van der Waals surface area contributed by atoms with Crippen molar-refractivity contribution in [3.63, 3.8) is 0 Å². The molecule has 0 fully saturated rings. The number of rotatable bonds is 7. The van der Waals surface area contributed by atoms with E-state index in [4.69, 9.17) is 0 Å². The molecular weight excluding hydrogens is 429 g/mol. The van der Waals surface area contributed by atoms with Crippen molar-refractivity contribution in [2.24, 2.45) is 4.99 Å². The molecule has 2 rings (SSSR count). The molecule has 0 aliphatic carbocycles. The molecule has 132 valence electrons. The van der Waals surface area contributed by atoms with Crippen LogP contribution in [0.3, 0.4) is 0 Å². The standard InChI is InChI=1S/C15H20F2N6.HI/c1-2-18-15(21-8-6-12-5-3-4-7-19-12)22-11-13-20-9-10-23(13)14(16)17;/h3-5,7,9-10,14H,2,6,8,11H2,1H3,(H2,18,21,22);1H. The lowest BCUT2D eigenvalue weighted by molar-refractivity contribution is 0.0671. The first kappa shape index (κ1) is 20.3. The average Bonchev–Trinajstić information content (AvgIpc) is 3.02. The van der Waals surface area contributed by atoms with Crippen LogP contribution >= 0.6 is 24.0 Å². The van der Waals surface area contributed by atoms with Gasteiger partial charge in [-0.15, -0.1) is 24.0 Å². The molecule has 0 saturated heterocycles. The molecule has 9 heteroatoms. The second kappa shape index (κ2) is 10.9. The molecule has 0 aromatic carbocycles. The van der Waals surface area contributed by atoms with E-state index in [1.54, 1.807) is 6.20 Å². The summed E-state index contributed by atoms with van der Waals surface area (Å²) in [6, 6.07) is 5.75. The number of halogens is 3. The Morgan fingerprint density at radius 3 is 2.75 bits per heavy atom. The van der Waals surface area contributed by atoms with Gasteiger partial charge in [0.15, 0.2) is 5.96 Å². The number of alkyl halides is 2. The zero-order chi connectivity index (χ0) is 16.5. The maximum absolute atomic E-state index is 12.8. The maximum atomic E-state index is 12.8. The van der Waals surface area contributed by atoms with E-state index in [-0.39, 0.29) is 36.3 Å². The zero-order valence-electron chi connectivity index (χ0n) is 13.3. The number of nitrogens with zero attached hydrogens (tertiary/aromatic N) is 4. The largest absolute Gasteiger partial charge is 0.357 e. The summed E-state index contributed by atoms with van der Waals surface area (Å²) >= 11 is 0.